The number of rotatable bonds is 7. The Balaban J connectivity index is 1.93. The van der Waals surface area contributed by atoms with E-state index in [1.165, 1.54) is 5.56 Å². The Morgan fingerprint density at radius 3 is 2.48 bits per heavy atom. The number of nitrogens with one attached hydrogen (secondary N) is 1. The summed E-state index contributed by atoms with van der Waals surface area (Å²) in [6.45, 7) is 1.57. The summed E-state index contributed by atoms with van der Waals surface area (Å²) >= 11 is 0. The quantitative estimate of drug-likeness (QED) is 0.621. The molecule has 0 saturated heterocycles. The van der Waals surface area contributed by atoms with Gasteiger partial charge in [-0.3, -0.25) is 4.99 Å². The normalized spacial score (nSPS) is 11.1. The summed E-state index contributed by atoms with van der Waals surface area (Å²) in [4.78, 5) is 6.48. The highest BCUT2D eigenvalue weighted by Gasteiger charge is 2.08. The molecular weight excluding hydrogens is 314 g/mol. The van der Waals surface area contributed by atoms with Crippen LogP contribution in [0.3, 0.4) is 0 Å². The zero-order chi connectivity index (χ0) is 18.1. The number of hydrogen-bond acceptors (Lipinski definition) is 3. The van der Waals surface area contributed by atoms with E-state index in [9.17, 15) is 0 Å². The van der Waals surface area contributed by atoms with E-state index in [1.54, 1.807) is 21.3 Å². The average Bonchev–Trinajstić information content (AvgIpc) is 2.65. The van der Waals surface area contributed by atoms with E-state index in [2.05, 4.69) is 39.5 Å². The van der Waals surface area contributed by atoms with Gasteiger partial charge in [-0.25, -0.2) is 0 Å². The first kappa shape index (κ1) is 18.6. The van der Waals surface area contributed by atoms with Crippen LogP contribution >= 0.6 is 0 Å². The number of hydrogen-bond donors (Lipinski definition) is 1. The van der Waals surface area contributed by atoms with E-state index >= 15 is 0 Å². The molecular formula is C20H27N3O2. The molecule has 0 fully saturated rings. The van der Waals surface area contributed by atoms with E-state index < -0.39 is 0 Å². The Hall–Kier alpha value is -2.69. The summed E-state index contributed by atoms with van der Waals surface area (Å²) in [6, 6.07) is 16.2. The van der Waals surface area contributed by atoms with Crippen LogP contribution < -0.4 is 14.8 Å². The molecule has 0 bridgehead atoms. The molecule has 1 N–H and O–H groups in total. The highest BCUT2D eigenvalue weighted by atomic mass is 16.5. The van der Waals surface area contributed by atoms with Crippen molar-refractivity contribution in [2.45, 2.75) is 13.0 Å². The van der Waals surface area contributed by atoms with Gasteiger partial charge in [-0.2, -0.15) is 0 Å². The van der Waals surface area contributed by atoms with E-state index in [0.29, 0.717) is 0 Å². The van der Waals surface area contributed by atoms with Crippen molar-refractivity contribution in [2.75, 3.05) is 34.9 Å². The van der Waals surface area contributed by atoms with Gasteiger partial charge in [0, 0.05) is 27.2 Å². The monoisotopic (exact) mass is 341 g/mol. The number of aliphatic imine (C=N–C) groups is 1. The Bertz CT molecular complexity index is 687. The van der Waals surface area contributed by atoms with Crippen molar-refractivity contribution in [3.05, 3.63) is 59.7 Å². The fourth-order valence-corrected chi connectivity index (χ4v) is 2.70. The van der Waals surface area contributed by atoms with Crippen LogP contribution in [0.15, 0.2) is 53.5 Å². The third-order valence-electron chi connectivity index (χ3n) is 4.00. The maximum absolute atomic E-state index is 5.43. The molecule has 0 aliphatic heterocycles. The summed E-state index contributed by atoms with van der Waals surface area (Å²) in [7, 11) is 7.19. The molecule has 5 heteroatoms. The first-order valence-electron chi connectivity index (χ1n) is 8.34. The van der Waals surface area contributed by atoms with Crippen molar-refractivity contribution >= 4 is 5.96 Å². The molecule has 25 heavy (non-hydrogen) atoms. The minimum Gasteiger partial charge on any atom is -0.497 e. The molecule has 0 aliphatic rings. The minimum atomic E-state index is 0.759. The second-order valence-electron chi connectivity index (χ2n) is 5.74. The maximum Gasteiger partial charge on any atom is 0.193 e. The summed E-state index contributed by atoms with van der Waals surface area (Å²) < 4.78 is 10.7. The molecule has 2 rings (SSSR count). The molecule has 2 aromatic carbocycles. The van der Waals surface area contributed by atoms with Crippen molar-refractivity contribution in [1.29, 1.82) is 0 Å². The van der Waals surface area contributed by atoms with Crippen molar-refractivity contribution in [2.24, 2.45) is 4.99 Å². The van der Waals surface area contributed by atoms with Gasteiger partial charge in [0.25, 0.3) is 0 Å². The highest BCUT2D eigenvalue weighted by molar-refractivity contribution is 5.79. The summed E-state index contributed by atoms with van der Waals surface area (Å²) in [5, 5.41) is 3.41. The second-order valence-corrected chi connectivity index (χ2v) is 5.74. The smallest absolute Gasteiger partial charge is 0.193 e. The number of benzene rings is 2. The molecule has 0 unspecified atom stereocenters. The van der Waals surface area contributed by atoms with Crippen molar-refractivity contribution in [1.82, 2.24) is 10.2 Å². The van der Waals surface area contributed by atoms with Crippen molar-refractivity contribution < 1.29 is 9.47 Å². The zero-order valence-corrected chi connectivity index (χ0v) is 15.5. The van der Waals surface area contributed by atoms with Gasteiger partial charge in [-0.1, -0.05) is 30.3 Å². The molecule has 0 aromatic heterocycles. The van der Waals surface area contributed by atoms with Crippen LogP contribution in [0.25, 0.3) is 0 Å². The van der Waals surface area contributed by atoms with Gasteiger partial charge in [-0.15, -0.1) is 0 Å². The Kier molecular flexibility index (Phi) is 7.14. The van der Waals surface area contributed by atoms with Crippen LogP contribution in [0.5, 0.6) is 11.5 Å². The predicted octanol–water partition coefficient (Wildman–Crippen LogP) is 2.95. The molecule has 0 amide bonds. The third-order valence-corrected chi connectivity index (χ3v) is 4.00. The van der Waals surface area contributed by atoms with E-state index in [1.807, 2.05) is 31.3 Å². The topological polar surface area (TPSA) is 46.1 Å². The molecule has 2 aromatic rings. The SMILES string of the molecule is CN=C(NCCc1cc(OC)ccc1OC)N(C)Cc1ccccc1. The van der Waals surface area contributed by atoms with Gasteiger partial charge in [-0.05, 0) is 35.7 Å². The lowest BCUT2D eigenvalue weighted by Gasteiger charge is -2.22. The lowest BCUT2D eigenvalue weighted by Crippen LogP contribution is -2.39. The molecule has 0 heterocycles. The maximum atomic E-state index is 5.43. The molecule has 134 valence electrons. The first-order chi connectivity index (χ1) is 12.2. The lowest BCUT2D eigenvalue weighted by molar-refractivity contribution is 0.398. The third kappa shape index (κ3) is 5.41. The number of ether oxygens (including phenoxy) is 2. The highest BCUT2D eigenvalue weighted by Crippen LogP contribution is 2.24. The van der Waals surface area contributed by atoms with Crippen molar-refractivity contribution in [3.63, 3.8) is 0 Å². The Labute approximate surface area is 150 Å². The fraction of sp³-hybridized carbons (Fsp3) is 0.350. The summed E-state index contributed by atoms with van der Waals surface area (Å²) in [5.41, 5.74) is 2.36. The standard InChI is InChI=1S/C20H27N3O2/c1-21-20(23(2)15-16-8-6-5-7-9-16)22-13-12-17-14-18(24-3)10-11-19(17)25-4/h5-11,14H,12-13,15H2,1-4H3,(H,21,22). The van der Waals surface area contributed by atoms with Gasteiger partial charge in [0.1, 0.15) is 11.5 Å². The van der Waals surface area contributed by atoms with Gasteiger partial charge >= 0.3 is 0 Å². The molecule has 0 spiro atoms. The van der Waals surface area contributed by atoms with Crippen LogP contribution in [-0.4, -0.2) is 45.7 Å². The van der Waals surface area contributed by atoms with Crippen LogP contribution in [-0.2, 0) is 13.0 Å². The fourth-order valence-electron chi connectivity index (χ4n) is 2.70. The van der Waals surface area contributed by atoms with E-state index in [-0.39, 0.29) is 0 Å². The van der Waals surface area contributed by atoms with Gasteiger partial charge in [0.2, 0.25) is 0 Å². The lowest BCUT2D eigenvalue weighted by atomic mass is 10.1. The molecule has 0 radical (unpaired) electrons. The van der Waals surface area contributed by atoms with Crippen LogP contribution in [0.4, 0.5) is 0 Å². The number of guanidine groups is 1. The largest absolute Gasteiger partial charge is 0.497 e. The summed E-state index contributed by atoms with van der Waals surface area (Å²) in [6.07, 6.45) is 0.818. The van der Waals surface area contributed by atoms with Gasteiger partial charge in [0.15, 0.2) is 5.96 Å². The molecule has 5 nitrogen and oxygen atoms in total. The average molecular weight is 341 g/mol. The van der Waals surface area contributed by atoms with Crippen LogP contribution in [0.1, 0.15) is 11.1 Å². The second kappa shape index (κ2) is 9.57. The Morgan fingerprint density at radius 1 is 1.08 bits per heavy atom. The predicted molar refractivity (Wildman–Crippen MR) is 103 cm³/mol. The molecule has 0 atom stereocenters. The molecule has 0 aliphatic carbocycles. The van der Waals surface area contributed by atoms with Crippen LogP contribution in [0, 0.1) is 0 Å². The van der Waals surface area contributed by atoms with Gasteiger partial charge in [0.05, 0.1) is 14.2 Å². The van der Waals surface area contributed by atoms with Crippen LogP contribution in [0.2, 0.25) is 0 Å². The minimum absolute atomic E-state index is 0.759. The van der Waals surface area contributed by atoms with Crippen molar-refractivity contribution in [3.8, 4) is 11.5 Å². The Morgan fingerprint density at radius 2 is 1.84 bits per heavy atom. The molecule has 0 saturated carbocycles. The van der Waals surface area contributed by atoms with E-state index in [4.69, 9.17) is 9.47 Å². The van der Waals surface area contributed by atoms with Gasteiger partial charge < -0.3 is 19.7 Å². The summed E-state index contributed by atoms with van der Waals surface area (Å²) in [5.74, 6) is 2.57. The van der Waals surface area contributed by atoms with E-state index in [0.717, 1.165) is 42.5 Å². The zero-order valence-electron chi connectivity index (χ0n) is 15.5. The number of methoxy groups -OCH3 is 2. The first-order valence-corrected chi connectivity index (χ1v) is 8.34. The number of nitrogens with zero attached hydrogens (tertiary/aromatic N) is 2.